The number of nitrogens with zero attached hydrogens (tertiary/aromatic N) is 3. The highest BCUT2D eigenvalue weighted by Crippen LogP contribution is 2.25. The van der Waals surface area contributed by atoms with Crippen LogP contribution in [0.5, 0.6) is 0 Å². The minimum Gasteiger partial charge on any atom is -0.340 e. The van der Waals surface area contributed by atoms with Crippen molar-refractivity contribution < 1.29 is 17.6 Å². The molecule has 0 spiro atoms. The molecule has 0 aliphatic carbocycles. The highest BCUT2D eigenvalue weighted by atomic mass is 32.2. The number of aromatic nitrogens is 1. The second kappa shape index (κ2) is 8.12. The molecule has 1 saturated heterocycles. The zero-order valence-corrected chi connectivity index (χ0v) is 17.4. The van der Waals surface area contributed by atoms with Gasteiger partial charge in [0.15, 0.2) is 0 Å². The van der Waals surface area contributed by atoms with E-state index >= 15 is 0 Å². The molecule has 8 heteroatoms. The van der Waals surface area contributed by atoms with Crippen molar-refractivity contribution in [3.05, 3.63) is 71.7 Å². The summed E-state index contributed by atoms with van der Waals surface area (Å²) in [4.78, 5) is 18.6. The van der Waals surface area contributed by atoms with E-state index in [1.54, 1.807) is 41.4 Å². The standard InChI is InChI=1S/C22H22FN3O3S/c1-16-13-18-6-4-8-20(22(18)24-15-16)30(28,29)26-11-9-25(10-12-26)21(27)14-17-5-2-3-7-19(17)23/h2-8,13,15H,9-12,14H2,1H3. The first-order chi connectivity index (χ1) is 14.4. The number of para-hydroxylation sites is 1. The Labute approximate surface area is 175 Å². The molecule has 0 saturated carbocycles. The lowest BCUT2D eigenvalue weighted by Gasteiger charge is -2.34. The summed E-state index contributed by atoms with van der Waals surface area (Å²) < 4.78 is 41.7. The second-order valence-electron chi connectivity index (χ2n) is 7.39. The van der Waals surface area contributed by atoms with Crippen LogP contribution >= 0.6 is 0 Å². The van der Waals surface area contributed by atoms with Crippen LogP contribution in [0.3, 0.4) is 0 Å². The molecule has 0 unspecified atom stereocenters. The number of halogens is 1. The highest BCUT2D eigenvalue weighted by molar-refractivity contribution is 7.89. The van der Waals surface area contributed by atoms with E-state index in [0.29, 0.717) is 11.1 Å². The second-order valence-corrected chi connectivity index (χ2v) is 9.30. The molecule has 156 valence electrons. The Morgan fingerprint density at radius 1 is 1.07 bits per heavy atom. The number of rotatable bonds is 4. The van der Waals surface area contributed by atoms with E-state index < -0.39 is 15.8 Å². The summed E-state index contributed by atoms with van der Waals surface area (Å²) in [5, 5.41) is 0.773. The largest absolute Gasteiger partial charge is 0.340 e. The highest BCUT2D eigenvalue weighted by Gasteiger charge is 2.31. The monoisotopic (exact) mass is 427 g/mol. The van der Waals surface area contributed by atoms with E-state index in [1.807, 2.05) is 19.1 Å². The SMILES string of the molecule is Cc1cnc2c(S(=O)(=O)N3CCN(C(=O)Cc4ccccc4F)CC3)cccc2c1. The van der Waals surface area contributed by atoms with Gasteiger partial charge in [-0.1, -0.05) is 30.3 Å². The maximum atomic E-state index is 13.8. The number of hydrogen-bond donors (Lipinski definition) is 0. The maximum absolute atomic E-state index is 13.8. The van der Waals surface area contributed by atoms with Crippen molar-refractivity contribution in [3.63, 3.8) is 0 Å². The number of pyridine rings is 1. The summed E-state index contributed by atoms with van der Waals surface area (Å²) >= 11 is 0. The Morgan fingerprint density at radius 3 is 2.53 bits per heavy atom. The van der Waals surface area contributed by atoms with Gasteiger partial charge in [0, 0.05) is 37.8 Å². The van der Waals surface area contributed by atoms with Crippen LogP contribution in [-0.2, 0) is 21.2 Å². The van der Waals surface area contributed by atoms with E-state index in [1.165, 1.54) is 10.4 Å². The van der Waals surface area contributed by atoms with E-state index in [0.717, 1.165) is 10.9 Å². The number of amides is 1. The molecular weight excluding hydrogens is 405 g/mol. The van der Waals surface area contributed by atoms with Crippen molar-refractivity contribution >= 4 is 26.8 Å². The molecular formula is C22H22FN3O3S. The van der Waals surface area contributed by atoms with Crippen molar-refractivity contribution in [2.45, 2.75) is 18.2 Å². The lowest BCUT2D eigenvalue weighted by molar-refractivity contribution is -0.131. The average molecular weight is 428 g/mol. The third-order valence-electron chi connectivity index (χ3n) is 5.32. The summed E-state index contributed by atoms with van der Waals surface area (Å²) in [7, 11) is -3.74. The van der Waals surface area contributed by atoms with Crippen LogP contribution in [0.4, 0.5) is 4.39 Å². The van der Waals surface area contributed by atoms with Crippen LogP contribution in [0.2, 0.25) is 0 Å². The Balaban J connectivity index is 1.49. The molecule has 2 aromatic carbocycles. The predicted molar refractivity (Wildman–Crippen MR) is 112 cm³/mol. The van der Waals surface area contributed by atoms with Gasteiger partial charge in [0.25, 0.3) is 0 Å². The van der Waals surface area contributed by atoms with Gasteiger partial charge in [-0.25, -0.2) is 12.8 Å². The summed E-state index contributed by atoms with van der Waals surface area (Å²) in [5.41, 5.74) is 1.75. The Bertz CT molecular complexity index is 1210. The first kappa shape index (κ1) is 20.4. The van der Waals surface area contributed by atoms with Gasteiger partial charge in [0.05, 0.1) is 11.9 Å². The fourth-order valence-electron chi connectivity index (χ4n) is 3.68. The van der Waals surface area contributed by atoms with E-state index in [2.05, 4.69) is 4.98 Å². The van der Waals surface area contributed by atoms with E-state index in [9.17, 15) is 17.6 Å². The van der Waals surface area contributed by atoms with Crippen molar-refractivity contribution in [3.8, 4) is 0 Å². The molecule has 0 bridgehead atoms. The molecule has 1 fully saturated rings. The van der Waals surface area contributed by atoms with Gasteiger partial charge in [0.2, 0.25) is 15.9 Å². The first-order valence-corrected chi connectivity index (χ1v) is 11.2. The van der Waals surface area contributed by atoms with E-state index in [4.69, 9.17) is 0 Å². The molecule has 1 aliphatic rings. The molecule has 30 heavy (non-hydrogen) atoms. The Hall–Kier alpha value is -2.84. The van der Waals surface area contributed by atoms with Crippen LogP contribution in [-0.4, -0.2) is 54.7 Å². The van der Waals surface area contributed by atoms with Gasteiger partial charge in [-0.05, 0) is 36.2 Å². The summed E-state index contributed by atoms with van der Waals surface area (Å²) in [6.07, 6.45) is 1.62. The number of hydrogen-bond acceptors (Lipinski definition) is 4. The van der Waals surface area contributed by atoms with Crippen LogP contribution in [0.25, 0.3) is 10.9 Å². The van der Waals surface area contributed by atoms with Gasteiger partial charge in [-0.3, -0.25) is 9.78 Å². The van der Waals surface area contributed by atoms with Gasteiger partial charge < -0.3 is 4.90 Å². The van der Waals surface area contributed by atoms with Gasteiger partial charge >= 0.3 is 0 Å². The first-order valence-electron chi connectivity index (χ1n) is 9.73. The van der Waals surface area contributed by atoms with Gasteiger partial charge in [-0.2, -0.15) is 4.31 Å². The van der Waals surface area contributed by atoms with Gasteiger partial charge in [0.1, 0.15) is 10.7 Å². The summed E-state index contributed by atoms with van der Waals surface area (Å²) in [6.45, 7) is 2.82. The number of carbonyl (C=O) groups is 1. The van der Waals surface area contributed by atoms with Gasteiger partial charge in [-0.15, -0.1) is 0 Å². The van der Waals surface area contributed by atoms with Crippen LogP contribution in [0, 0.1) is 12.7 Å². The molecule has 0 atom stereocenters. The average Bonchev–Trinajstić information content (AvgIpc) is 2.74. The lowest BCUT2D eigenvalue weighted by Crippen LogP contribution is -2.50. The third-order valence-corrected chi connectivity index (χ3v) is 7.25. The fraction of sp³-hybridized carbons (Fsp3) is 0.273. The molecule has 3 aromatic rings. The molecule has 6 nitrogen and oxygen atoms in total. The minimum absolute atomic E-state index is 0.0357. The minimum atomic E-state index is -3.74. The molecule has 1 amide bonds. The molecule has 1 aliphatic heterocycles. The summed E-state index contributed by atoms with van der Waals surface area (Å²) in [5.74, 6) is -0.620. The molecule has 0 N–H and O–H groups in total. The maximum Gasteiger partial charge on any atom is 0.245 e. The zero-order valence-electron chi connectivity index (χ0n) is 16.6. The molecule has 0 radical (unpaired) electrons. The molecule has 4 rings (SSSR count). The summed E-state index contributed by atoms with van der Waals surface area (Å²) in [6, 6.07) is 13.2. The third kappa shape index (κ3) is 3.93. The molecule has 1 aromatic heterocycles. The van der Waals surface area contributed by atoms with Crippen LogP contribution < -0.4 is 0 Å². The van der Waals surface area contributed by atoms with Crippen LogP contribution in [0.15, 0.2) is 59.6 Å². The van der Waals surface area contributed by atoms with Crippen molar-refractivity contribution in [2.24, 2.45) is 0 Å². The number of carbonyl (C=O) groups excluding carboxylic acids is 1. The quantitative estimate of drug-likeness (QED) is 0.642. The number of benzene rings is 2. The predicted octanol–water partition coefficient (Wildman–Crippen LogP) is 2.76. The normalized spacial score (nSPS) is 15.5. The Kier molecular flexibility index (Phi) is 5.53. The van der Waals surface area contributed by atoms with Crippen molar-refractivity contribution in [1.82, 2.24) is 14.2 Å². The Morgan fingerprint density at radius 2 is 1.80 bits per heavy atom. The lowest BCUT2D eigenvalue weighted by atomic mass is 10.1. The van der Waals surface area contributed by atoms with Crippen molar-refractivity contribution in [2.75, 3.05) is 26.2 Å². The number of aryl methyl sites for hydroxylation is 1. The number of sulfonamides is 1. The topological polar surface area (TPSA) is 70.6 Å². The molecule has 2 heterocycles. The number of fused-ring (bicyclic) bond motifs is 1. The fourth-order valence-corrected chi connectivity index (χ4v) is 5.27. The zero-order chi connectivity index (χ0) is 21.3. The number of piperazine rings is 1. The smallest absolute Gasteiger partial charge is 0.245 e. The van der Waals surface area contributed by atoms with E-state index in [-0.39, 0.29) is 43.4 Å². The van der Waals surface area contributed by atoms with Crippen LogP contribution in [0.1, 0.15) is 11.1 Å². The van der Waals surface area contributed by atoms with Crippen molar-refractivity contribution in [1.29, 1.82) is 0 Å².